The van der Waals surface area contributed by atoms with Gasteiger partial charge in [0, 0.05) is 29.8 Å². The molecule has 0 spiro atoms. The van der Waals surface area contributed by atoms with Crippen molar-refractivity contribution in [3.05, 3.63) is 53.7 Å². The molecule has 0 fully saturated rings. The molecule has 7 nitrogen and oxygen atoms in total. The normalized spacial score (nSPS) is 12.8. The van der Waals surface area contributed by atoms with E-state index in [0.717, 1.165) is 11.3 Å². The van der Waals surface area contributed by atoms with Crippen LogP contribution in [0.5, 0.6) is 11.5 Å². The summed E-state index contributed by atoms with van der Waals surface area (Å²) in [7, 11) is -0.879. The third-order valence-electron chi connectivity index (χ3n) is 7.05. The number of hydrogen-bond donors (Lipinski definition) is 2. The summed E-state index contributed by atoms with van der Waals surface area (Å²) in [5.74, 6) is 1.18. The van der Waals surface area contributed by atoms with Gasteiger partial charge in [-0.2, -0.15) is 4.98 Å². The van der Waals surface area contributed by atoms with Crippen molar-refractivity contribution < 1.29 is 18.1 Å². The molecular formula is C28H39FN4O3SSi. The van der Waals surface area contributed by atoms with Crippen LogP contribution in [0.3, 0.4) is 0 Å². The number of thioether (sulfide) groups is 1. The van der Waals surface area contributed by atoms with Crippen molar-refractivity contribution in [1.82, 2.24) is 10.1 Å². The molecule has 0 radical (unpaired) electrons. The fourth-order valence-electron chi connectivity index (χ4n) is 5.24. The van der Waals surface area contributed by atoms with Gasteiger partial charge in [-0.3, -0.25) is 5.41 Å². The van der Waals surface area contributed by atoms with Crippen LogP contribution in [-0.2, 0) is 0 Å². The highest BCUT2D eigenvalue weighted by Gasteiger charge is 2.47. The first-order valence-corrected chi connectivity index (χ1v) is 16.2. The summed E-state index contributed by atoms with van der Waals surface area (Å²) in [4.78, 5) is 4.26. The maximum Gasteiger partial charge on any atom is 0.258 e. The van der Waals surface area contributed by atoms with Crippen LogP contribution in [-0.4, -0.2) is 36.9 Å². The van der Waals surface area contributed by atoms with Crippen molar-refractivity contribution in [1.29, 1.82) is 5.41 Å². The van der Waals surface area contributed by atoms with E-state index in [9.17, 15) is 0 Å². The Balaban J connectivity index is 2.04. The number of anilines is 1. The summed E-state index contributed by atoms with van der Waals surface area (Å²) in [6.45, 7) is 14.7. The first-order valence-electron chi connectivity index (χ1n) is 12.8. The Labute approximate surface area is 230 Å². The maximum absolute atomic E-state index is 16.3. The molecule has 10 heteroatoms. The van der Waals surface area contributed by atoms with Crippen molar-refractivity contribution in [2.45, 2.75) is 71.1 Å². The molecule has 0 bridgehead atoms. The summed E-state index contributed by atoms with van der Waals surface area (Å²) in [5.41, 5.74) is 2.64. The number of nitrogens with zero attached hydrogens (tertiary/aromatic N) is 2. The maximum atomic E-state index is 16.3. The first-order chi connectivity index (χ1) is 17.9. The molecule has 0 saturated carbocycles. The monoisotopic (exact) mass is 558 g/mol. The predicted octanol–water partition coefficient (Wildman–Crippen LogP) is 8.24. The van der Waals surface area contributed by atoms with E-state index >= 15 is 4.39 Å². The molecule has 2 aromatic carbocycles. The quantitative estimate of drug-likeness (QED) is 0.139. The van der Waals surface area contributed by atoms with E-state index in [1.54, 1.807) is 26.2 Å². The zero-order valence-corrected chi connectivity index (χ0v) is 25.5. The van der Waals surface area contributed by atoms with Gasteiger partial charge in [-0.1, -0.05) is 46.7 Å². The molecule has 1 aromatic heterocycles. The Morgan fingerprint density at radius 1 is 1.05 bits per heavy atom. The van der Waals surface area contributed by atoms with Crippen LogP contribution < -0.4 is 14.5 Å². The van der Waals surface area contributed by atoms with Crippen molar-refractivity contribution in [3.8, 4) is 22.9 Å². The minimum Gasteiger partial charge on any atom is -0.541 e. The van der Waals surface area contributed by atoms with E-state index < -0.39 is 20.2 Å². The lowest BCUT2D eigenvalue weighted by atomic mass is 10.0. The number of halogens is 1. The summed E-state index contributed by atoms with van der Waals surface area (Å²) in [6.07, 6.45) is 1.81. The highest BCUT2D eigenvalue weighted by molar-refractivity contribution is 8.13. The van der Waals surface area contributed by atoms with Crippen LogP contribution in [0.4, 0.5) is 10.1 Å². The third kappa shape index (κ3) is 6.07. The average Bonchev–Trinajstić information content (AvgIpc) is 3.32. The lowest BCUT2D eigenvalue weighted by molar-refractivity contribution is 0.394. The Morgan fingerprint density at radius 2 is 1.66 bits per heavy atom. The minimum absolute atomic E-state index is 0.186. The van der Waals surface area contributed by atoms with Crippen LogP contribution >= 0.6 is 11.8 Å². The van der Waals surface area contributed by atoms with Crippen LogP contribution in [0, 0.1) is 18.2 Å². The third-order valence-corrected chi connectivity index (χ3v) is 13.7. The second-order valence-corrected chi connectivity index (χ2v) is 16.5. The molecular weight excluding hydrogens is 519 g/mol. The second kappa shape index (κ2) is 12.3. The predicted molar refractivity (Wildman–Crippen MR) is 157 cm³/mol. The number of hydrogen-bond acceptors (Lipinski definition) is 8. The number of nitrogens with one attached hydrogen (secondary N) is 2. The number of rotatable bonds is 11. The number of methoxy groups -OCH3 is 1. The number of benzene rings is 2. The van der Waals surface area contributed by atoms with E-state index in [-0.39, 0.29) is 27.4 Å². The Kier molecular flexibility index (Phi) is 9.64. The first kappa shape index (κ1) is 29.7. The Morgan fingerprint density at radius 3 is 2.13 bits per heavy atom. The van der Waals surface area contributed by atoms with Gasteiger partial charge < -0.3 is 19.0 Å². The minimum atomic E-state index is -2.43. The van der Waals surface area contributed by atoms with Crippen LogP contribution in [0.2, 0.25) is 16.6 Å². The number of aromatic nitrogens is 2. The van der Waals surface area contributed by atoms with Gasteiger partial charge in [0.25, 0.3) is 8.32 Å². The molecule has 3 rings (SSSR count). The highest BCUT2D eigenvalue weighted by Crippen LogP contribution is 2.45. The summed E-state index contributed by atoms with van der Waals surface area (Å²) >= 11 is 1.25. The molecule has 2 N–H and O–H groups in total. The molecule has 0 aliphatic rings. The Bertz CT molecular complexity index is 1230. The summed E-state index contributed by atoms with van der Waals surface area (Å²) in [6, 6.07) is 9.96. The zero-order chi connectivity index (χ0) is 28.2. The molecule has 0 aliphatic heterocycles. The molecule has 1 unspecified atom stereocenters. The Hall–Kier alpha value is -2.85. The standard InChI is InChI=1S/C28H39FN4O3SSi/c1-16(2)38(17(3)4,18(5)6)36-24-15-22(34-8)14-23(25(24)29)26(27(30)37-9)32-21-12-10-20(11-13-21)28-31-19(7)35-33-28/h10-18,26,30,32H,1-9H3. The fourth-order valence-corrected chi connectivity index (χ4v) is 10.9. The van der Waals surface area contributed by atoms with Gasteiger partial charge in [0.15, 0.2) is 5.82 Å². The van der Waals surface area contributed by atoms with Crippen molar-refractivity contribution >= 4 is 30.8 Å². The van der Waals surface area contributed by atoms with Gasteiger partial charge in [-0.05, 0) is 53.2 Å². The average molecular weight is 559 g/mol. The van der Waals surface area contributed by atoms with E-state index in [4.69, 9.17) is 19.1 Å². The molecule has 0 aliphatic carbocycles. The molecule has 206 valence electrons. The number of aryl methyl sites for hydroxylation is 1. The summed E-state index contributed by atoms with van der Waals surface area (Å²) < 4.78 is 33.7. The van der Waals surface area contributed by atoms with Crippen molar-refractivity contribution in [2.24, 2.45) is 0 Å². The number of ether oxygens (including phenoxy) is 1. The highest BCUT2D eigenvalue weighted by atomic mass is 32.2. The fraction of sp³-hybridized carbons (Fsp3) is 0.464. The summed E-state index contributed by atoms with van der Waals surface area (Å²) in [5, 5.41) is 16.2. The largest absolute Gasteiger partial charge is 0.541 e. The van der Waals surface area contributed by atoms with Crippen molar-refractivity contribution in [2.75, 3.05) is 18.7 Å². The van der Waals surface area contributed by atoms with Crippen molar-refractivity contribution in [3.63, 3.8) is 0 Å². The van der Waals surface area contributed by atoms with Crippen LogP contribution in [0.15, 0.2) is 40.9 Å². The van der Waals surface area contributed by atoms with Gasteiger partial charge in [0.05, 0.1) is 12.2 Å². The van der Waals surface area contributed by atoms with E-state index in [0.29, 0.717) is 23.0 Å². The molecule has 1 heterocycles. The van der Waals surface area contributed by atoms with Gasteiger partial charge >= 0.3 is 0 Å². The van der Waals surface area contributed by atoms with Gasteiger partial charge in [-0.15, -0.1) is 11.8 Å². The molecule has 38 heavy (non-hydrogen) atoms. The van der Waals surface area contributed by atoms with E-state index in [1.807, 2.05) is 30.5 Å². The molecule has 3 aromatic rings. The molecule has 1 atom stereocenters. The van der Waals surface area contributed by atoms with Gasteiger partial charge in [0.2, 0.25) is 11.7 Å². The second-order valence-electron chi connectivity index (χ2n) is 10.3. The van der Waals surface area contributed by atoms with Crippen LogP contribution in [0.1, 0.15) is 59.0 Å². The van der Waals surface area contributed by atoms with E-state index in [1.165, 1.54) is 11.8 Å². The molecule has 0 amide bonds. The lowest BCUT2D eigenvalue weighted by Crippen LogP contribution is -2.51. The molecule has 0 saturated heterocycles. The lowest BCUT2D eigenvalue weighted by Gasteiger charge is -2.42. The zero-order valence-electron chi connectivity index (χ0n) is 23.7. The van der Waals surface area contributed by atoms with Crippen LogP contribution in [0.25, 0.3) is 11.4 Å². The topological polar surface area (TPSA) is 93.3 Å². The SMILES string of the molecule is COc1cc(O[Si](C(C)C)(C(C)C)C(C)C)c(F)c(C(Nc2ccc(-c3noc(C)n3)cc2)C(=N)SC)c1. The van der Waals surface area contributed by atoms with Gasteiger partial charge in [-0.25, -0.2) is 4.39 Å². The smallest absolute Gasteiger partial charge is 0.258 e. The van der Waals surface area contributed by atoms with Gasteiger partial charge in [0.1, 0.15) is 17.5 Å². The van der Waals surface area contributed by atoms with E-state index in [2.05, 4.69) is 57.0 Å².